The van der Waals surface area contributed by atoms with Crippen molar-refractivity contribution >= 4 is 28.5 Å². The molecular weight excluding hydrogens is 320 g/mol. The fourth-order valence-electron chi connectivity index (χ4n) is 2.48. The zero-order valence-electron chi connectivity index (χ0n) is 14.0. The SMILES string of the molecule is COc1cccc2cc(CNC(=O)C(=O)Nc3ccccc3C)oc12. The third-order valence-corrected chi connectivity index (χ3v) is 3.80. The second kappa shape index (κ2) is 7.09. The number of amides is 2. The number of fused-ring (bicyclic) bond motifs is 1. The van der Waals surface area contributed by atoms with Gasteiger partial charge < -0.3 is 19.8 Å². The summed E-state index contributed by atoms with van der Waals surface area (Å²) < 4.78 is 10.9. The molecule has 3 aromatic rings. The van der Waals surface area contributed by atoms with E-state index < -0.39 is 11.8 Å². The van der Waals surface area contributed by atoms with Gasteiger partial charge in [0.25, 0.3) is 0 Å². The Labute approximate surface area is 144 Å². The maximum absolute atomic E-state index is 12.0. The molecule has 0 aliphatic heterocycles. The maximum atomic E-state index is 12.0. The number of methoxy groups -OCH3 is 1. The van der Waals surface area contributed by atoms with Gasteiger partial charge in [0.05, 0.1) is 13.7 Å². The summed E-state index contributed by atoms with van der Waals surface area (Å²) in [6, 6.07) is 14.6. The Morgan fingerprint density at radius 1 is 1.08 bits per heavy atom. The van der Waals surface area contributed by atoms with E-state index in [9.17, 15) is 9.59 Å². The first-order chi connectivity index (χ1) is 12.1. The minimum Gasteiger partial charge on any atom is -0.493 e. The summed E-state index contributed by atoms with van der Waals surface area (Å²) in [5, 5.41) is 6.01. The lowest BCUT2D eigenvalue weighted by atomic mass is 10.2. The van der Waals surface area contributed by atoms with Crippen LogP contribution in [0.25, 0.3) is 11.0 Å². The summed E-state index contributed by atoms with van der Waals surface area (Å²) in [7, 11) is 1.56. The van der Waals surface area contributed by atoms with Crippen LogP contribution in [-0.2, 0) is 16.1 Å². The number of ether oxygens (including phenoxy) is 1. The largest absolute Gasteiger partial charge is 0.493 e. The Morgan fingerprint density at radius 3 is 2.64 bits per heavy atom. The molecule has 25 heavy (non-hydrogen) atoms. The number of hydrogen-bond donors (Lipinski definition) is 2. The third-order valence-electron chi connectivity index (χ3n) is 3.80. The molecule has 0 aliphatic rings. The first-order valence-corrected chi connectivity index (χ1v) is 7.78. The molecule has 0 atom stereocenters. The molecule has 2 N–H and O–H groups in total. The molecule has 0 radical (unpaired) electrons. The normalized spacial score (nSPS) is 10.5. The van der Waals surface area contributed by atoms with Crippen molar-refractivity contribution in [1.82, 2.24) is 5.32 Å². The number of nitrogens with one attached hydrogen (secondary N) is 2. The Morgan fingerprint density at radius 2 is 1.88 bits per heavy atom. The lowest BCUT2D eigenvalue weighted by Gasteiger charge is -2.07. The average Bonchev–Trinajstić information content (AvgIpc) is 3.04. The fourth-order valence-corrected chi connectivity index (χ4v) is 2.48. The zero-order chi connectivity index (χ0) is 17.8. The number of hydrogen-bond acceptors (Lipinski definition) is 4. The van der Waals surface area contributed by atoms with E-state index in [0.29, 0.717) is 22.8 Å². The number of rotatable bonds is 4. The zero-order valence-corrected chi connectivity index (χ0v) is 14.0. The molecule has 2 amide bonds. The number of benzene rings is 2. The monoisotopic (exact) mass is 338 g/mol. The van der Waals surface area contributed by atoms with Crippen LogP contribution in [0.4, 0.5) is 5.69 Å². The van der Waals surface area contributed by atoms with Gasteiger partial charge in [-0.25, -0.2) is 0 Å². The summed E-state index contributed by atoms with van der Waals surface area (Å²) in [5.41, 5.74) is 2.10. The second-order valence-electron chi connectivity index (χ2n) is 5.54. The molecule has 0 aliphatic carbocycles. The van der Waals surface area contributed by atoms with Crippen LogP contribution >= 0.6 is 0 Å². The van der Waals surface area contributed by atoms with E-state index >= 15 is 0 Å². The van der Waals surface area contributed by atoms with Crippen molar-refractivity contribution in [2.75, 3.05) is 12.4 Å². The minimum atomic E-state index is -0.726. The molecule has 6 heteroatoms. The van der Waals surface area contributed by atoms with Crippen molar-refractivity contribution in [2.45, 2.75) is 13.5 Å². The van der Waals surface area contributed by atoms with Gasteiger partial charge >= 0.3 is 11.8 Å². The van der Waals surface area contributed by atoms with Crippen LogP contribution in [-0.4, -0.2) is 18.9 Å². The van der Waals surface area contributed by atoms with Crippen LogP contribution in [0.15, 0.2) is 52.9 Å². The van der Waals surface area contributed by atoms with E-state index in [1.165, 1.54) is 0 Å². The van der Waals surface area contributed by atoms with Gasteiger partial charge in [0.1, 0.15) is 5.76 Å². The molecular formula is C19H18N2O4. The number of anilines is 1. The lowest BCUT2D eigenvalue weighted by Crippen LogP contribution is -2.35. The predicted molar refractivity (Wildman–Crippen MR) is 94.4 cm³/mol. The minimum absolute atomic E-state index is 0.109. The van der Waals surface area contributed by atoms with Crippen LogP contribution in [0.1, 0.15) is 11.3 Å². The van der Waals surface area contributed by atoms with Gasteiger partial charge in [-0.3, -0.25) is 9.59 Å². The molecule has 0 unspecified atom stereocenters. The van der Waals surface area contributed by atoms with Crippen molar-refractivity contribution in [1.29, 1.82) is 0 Å². The first-order valence-electron chi connectivity index (χ1n) is 7.78. The second-order valence-corrected chi connectivity index (χ2v) is 5.54. The molecule has 6 nitrogen and oxygen atoms in total. The number of aryl methyl sites for hydroxylation is 1. The summed E-state index contributed by atoms with van der Waals surface area (Å²) in [4.78, 5) is 24.0. The fraction of sp³-hybridized carbons (Fsp3) is 0.158. The summed E-state index contributed by atoms with van der Waals surface area (Å²) >= 11 is 0. The highest BCUT2D eigenvalue weighted by Gasteiger charge is 2.15. The lowest BCUT2D eigenvalue weighted by molar-refractivity contribution is -0.136. The number of carbonyl (C=O) groups is 2. The standard InChI is InChI=1S/C19H18N2O4/c1-12-6-3-4-8-15(12)21-19(23)18(22)20-11-14-10-13-7-5-9-16(24-2)17(13)25-14/h3-10H,11H2,1-2H3,(H,20,22)(H,21,23). The Kier molecular flexibility index (Phi) is 4.70. The summed E-state index contributed by atoms with van der Waals surface area (Å²) in [5.74, 6) is -0.289. The molecule has 1 aromatic heterocycles. The highest BCUT2D eigenvalue weighted by atomic mass is 16.5. The Hall–Kier alpha value is -3.28. The van der Waals surface area contributed by atoms with Gasteiger partial charge in [0.2, 0.25) is 0 Å². The highest BCUT2D eigenvalue weighted by molar-refractivity contribution is 6.39. The number of furan rings is 1. The Bertz CT molecular complexity index is 930. The molecule has 3 rings (SSSR count). The van der Waals surface area contributed by atoms with Crippen LogP contribution in [0.3, 0.4) is 0 Å². The van der Waals surface area contributed by atoms with Crippen LogP contribution < -0.4 is 15.4 Å². The van der Waals surface area contributed by atoms with E-state index in [2.05, 4.69) is 10.6 Å². The molecule has 0 bridgehead atoms. The Balaban J connectivity index is 1.64. The third kappa shape index (κ3) is 3.63. The van der Waals surface area contributed by atoms with Crippen molar-refractivity contribution < 1.29 is 18.7 Å². The summed E-state index contributed by atoms with van der Waals surface area (Å²) in [6.07, 6.45) is 0. The number of para-hydroxylation sites is 2. The van der Waals surface area contributed by atoms with Crippen molar-refractivity contribution in [2.24, 2.45) is 0 Å². The van der Waals surface area contributed by atoms with Gasteiger partial charge in [-0.1, -0.05) is 30.3 Å². The average molecular weight is 338 g/mol. The highest BCUT2D eigenvalue weighted by Crippen LogP contribution is 2.28. The summed E-state index contributed by atoms with van der Waals surface area (Å²) in [6.45, 7) is 1.97. The smallest absolute Gasteiger partial charge is 0.313 e. The van der Waals surface area contributed by atoms with Crippen LogP contribution in [0, 0.1) is 6.92 Å². The van der Waals surface area contributed by atoms with Crippen molar-refractivity contribution in [3.05, 3.63) is 59.9 Å². The first kappa shape index (κ1) is 16.6. The molecule has 1 heterocycles. The van der Waals surface area contributed by atoms with Crippen LogP contribution in [0.2, 0.25) is 0 Å². The van der Waals surface area contributed by atoms with Gasteiger partial charge in [0, 0.05) is 11.1 Å². The van der Waals surface area contributed by atoms with E-state index in [-0.39, 0.29) is 6.54 Å². The van der Waals surface area contributed by atoms with Gasteiger partial charge in [-0.2, -0.15) is 0 Å². The van der Waals surface area contributed by atoms with Gasteiger partial charge in [-0.15, -0.1) is 0 Å². The predicted octanol–water partition coefficient (Wildman–Crippen LogP) is 3.00. The van der Waals surface area contributed by atoms with Crippen LogP contribution in [0.5, 0.6) is 5.75 Å². The quantitative estimate of drug-likeness (QED) is 0.717. The topological polar surface area (TPSA) is 80.6 Å². The van der Waals surface area contributed by atoms with Crippen molar-refractivity contribution in [3.63, 3.8) is 0 Å². The van der Waals surface area contributed by atoms with Gasteiger partial charge in [0.15, 0.2) is 11.3 Å². The van der Waals surface area contributed by atoms with Crippen molar-refractivity contribution in [3.8, 4) is 5.75 Å². The van der Waals surface area contributed by atoms with E-state index in [1.54, 1.807) is 31.4 Å². The molecule has 0 saturated heterocycles. The van der Waals surface area contributed by atoms with E-state index in [4.69, 9.17) is 9.15 Å². The molecule has 0 saturated carbocycles. The number of carbonyl (C=O) groups excluding carboxylic acids is 2. The molecule has 2 aromatic carbocycles. The molecule has 0 spiro atoms. The molecule has 128 valence electrons. The maximum Gasteiger partial charge on any atom is 0.313 e. The van der Waals surface area contributed by atoms with E-state index in [1.807, 2.05) is 31.2 Å². The van der Waals surface area contributed by atoms with Gasteiger partial charge in [-0.05, 0) is 30.7 Å². The molecule has 0 fully saturated rings. The van der Waals surface area contributed by atoms with E-state index in [0.717, 1.165) is 10.9 Å².